The Labute approximate surface area is 97.2 Å². The summed E-state index contributed by atoms with van der Waals surface area (Å²) in [6, 6.07) is 7.47. The van der Waals surface area contributed by atoms with Gasteiger partial charge >= 0.3 is 0 Å². The first kappa shape index (κ1) is 11.2. The molecule has 6 heteroatoms. The van der Waals surface area contributed by atoms with E-state index in [1.165, 1.54) is 6.20 Å². The van der Waals surface area contributed by atoms with Gasteiger partial charge in [0.2, 0.25) is 0 Å². The largest absolute Gasteiger partial charge is 0.305 e. The lowest BCUT2D eigenvalue weighted by molar-refractivity contribution is 0.646. The predicted molar refractivity (Wildman–Crippen MR) is 64.6 cm³/mol. The van der Waals surface area contributed by atoms with Gasteiger partial charge in [-0.25, -0.2) is 4.98 Å². The fourth-order valence-electron chi connectivity index (χ4n) is 1.69. The Kier molecular flexibility index (Phi) is 3.37. The summed E-state index contributed by atoms with van der Waals surface area (Å²) in [4.78, 5) is 18.4. The van der Waals surface area contributed by atoms with E-state index in [0.29, 0.717) is 19.5 Å². The molecule has 6 nitrogen and oxygen atoms in total. The molecule has 0 bridgehead atoms. The number of hydrogen-bond donors (Lipinski definition) is 0. The standard InChI is InChI=1S/C11H11N5O/c12-15-14-6-3-7-16-10-5-2-1-4-9(10)13-8-11(16)17/h1-2,4-5,8H,3,6-7H2. The molecule has 17 heavy (non-hydrogen) atoms. The molecule has 1 heterocycles. The summed E-state index contributed by atoms with van der Waals surface area (Å²) in [7, 11) is 0. The molecule has 1 aromatic carbocycles. The van der Waals surface area contributed by atoms with Crippen molar-refractivity contribution in [1.29, 1.82) is 0 Å². The number of hydrogen-bond acceptors (Lipinski definition) is 3. The molecule has 0 fully saturated rings. The fraction of sp³-hybridized carbons (Fsp3) is 0.273. The molecule has 0 amide bonds. The lowest BCUT2D eigenvalue weighted by Crippen LogP contribution is -2.20. The molecule has 0 N–H and O–H groups in total. The first-order chi connectivity index (χ1) is 8.33. The van der Waals surface area contributed by atoms with Gasteiger partial charge in [-0.15, -0.1) is 0 Å². The minimum atomic E-state index is -0.135. The first-order valence-electron chi connectivity index (χ1n) is 5.28. The van der Waals surface area contributed by atoms with Gasteiger partial charge < -0.3 is 4.57 Å². The number of aromatic nitrogens is 2. The lowest BCUT2D eigenvalue weighted by atomic mass is 10.3. The molecule has 2 rings (SSSR count). The first-order valence-corrected chi connectivity index (χ1v) is 5.28. The fourth-order valence-corrected chi connectivity index (χ4v) is 1.69. The third-order valence-corrected chi connectivity index (χ3v) is 2.46. The summed E-state index contributed by atoms with van der Waals surface area (Å²) in [5.41, 5.74) is 9.63. The van der Waals surface area contributed by atoms with Crippen molar-refractivity contribution >= 4 is 11.0 Å². The predicted octanol–water partition coefficient (Wildman–Crippen LogP) is 2.10. The van der Waals surface area contributed by atoms with Crippen LogP contribution in [0.3, 0.4) is 0 Å². The Balaban J connectivity index is 2.34. The van der Waals surface area contributed by atoms with Crippen LogP contribution in [0.4, 0.5) is 0 Å². The molecule has 0 unspecified atom stereocenters. The summed E-state index contributed by atoms with van der Waals surface area (Å²) < 4.78 is 1.65. The molecule has 0 aliphatic heterocycles. The zero-order chi connectivity index (χ0) is 12.1. The Morgan fingerprint density at radius 2 is 2.24 bits per heavy atom. The van der Waals surface area contributed by atoms with Crippen LogP contribution in [0.25, 0.3) is 21.5 Å². The van der Waals surface area contributed by atoms with Gasteiger partial charge in [0.15, 0.2) is 0 Å². The smallest absolute Gasteiger partial charge is 0.269 e. The minimum Gasteiger partial charge on any atom is -0.305 e. The summed E-state index contributed by atoms with van der Waals surface area (Å²) >= 11 is 0. The average molecular weight is 229 g/mol. The summed E-state index contributed by atoms with van der Waals surface area (Å²) in [6.07, 6.45) is 1.95. The van der Waals surface area contributed by atoms with Crippen LogP contribution in [0, 0.1) is 0 Å². The molecule has 2 aromatic rings. The second-order valence-corrected chi connectivity index (χ2v) is 3.54. The van der Waals surface area contributed by atoms with Gasteiger partial charge in [-0.2, -0.15) is 0 Å². The molecule has 0 aliphatic carbocycles. The highest BCUT2D eigenvalue weighted by atomic mass is 16.1. The van der Waals surface area contributed by atoms with Crippen LogP contribution in [0.15, 0.2) is 40.4 Å². The highest BCUT2D eigenvalue weighted by Gasteiger charge is 2.02. The second-order valence-electron chi connectivity index (χ2n) is 3.54. The number of para-hydroxylation sites is 2. The maximum Gasteiger partial charge on any atom is 0.269 e. The van der Waals surface area contributed by atoms with E-state index in [4.69, 9.17) is 5.53 Å². The van der Waals surface area contributed by atoms with E-state index in [9.17, 15) is 4.79 Å². The highest BCUT2D eigenvalue weighted by molar-refractivity contribution is 5.74. The Morgan fingerprint density at radius 3 is 3.06 bits per heavy atom. The molecule has 1 aromatic heterocycles. The van der Waals surface area contributed by atoms with Crippen LogP contribution in [-0.4, -0.2) is 16.1 Å². The van der Waals surface area contributed by atoms with Crippen LogP contribution in [-0.2, 0) is 6.54 Å². The van der Waals surface area contributed by atoms with Crippen LogP contribution in [0.5, 0.6) is 0 Å². The van der Waals surface area contributed by atoms with Crippen molar-refractivity contribution in [2.75, 3.05) is 6.54 Å². The van der Waals surface area contributed by atoms with Gasteiger partial charge in [0.25, 0.3) is 5.56 Å². The molecule has 0 radical (unpaired) electrons. The van der Waals surface area contributed by atoms with Gasteiger partial charge in [-0.1, -0.05) is 17.2 Å². The SMILES string of the molecule is [N-]=[N+]=NCCCn1c(=O)cnc2ccccc21. The van der Waals surface area contributed by atoms with Crippen molar-refractivity contribution in [2.24, 2.45) is 5.11 Å². The number of fused-ring (bicyclic) bond motifs is 1. The molecule has 0 aliphatic rings. The lowest BCUT2D eigenvalue weighted by Gasteiger charge is -2.07. The summed E-state index contributed by atoms with van der Waals surface area (Å²) in [5, 5.41) is 3.45. The van der Waals surface area contributed by atoms with E-state index in [0.717, 1.165) is 11.0 Å². The normalized spacial score (nSPS) is 10.1. The quantitative estimate of drug-likeness (QED) is 0.348. The van der Waals surface area contributed by atoms with Gasteiger partial charge in [0.1, 0.15) is 0 Å². The van der Waals surface area contributed by atoms with Gasteiger partial charge in [0.05, 0.1) is 17.2 Å². The zero-order valence-corrected chi connectivity index (χ0v) is 9.15. The highest BCUT2D eigenvalue weighted by Crippen LogP contribution is 2.08. The number of aryl methyl sites for hydroxylation is 1. The van der Waals surface area contributed by atoms with Crippen molar-refractivity contribution in [1.82, 2.24) is 9.55 Å². The van der Waals surface area contributed by atoms with E-state index in [1.54, 1.807) is 4.57 Å². The van der Waals surface area contributed by atoms with Crippen LogP contribution in [0.1, 0.15) is 6.42 Å². The minimum absolute atomic E-state index is 0.135. The molecule has 0 atom stereocenters. The molecular weight excluding hydrogens is 218 g/mol. The molecular formula is C11H11N5O. The Hall–Kier alpha value is -2.33. The molecule has 0 saturated carbocycles. The monoisotopic (exact) mass is 229 g/mol. The van der Waals surface area contributed by atoms with Crippen molar-refractivity contribution in [3.8, 4) is 0 Å². The van der Waals surface area contributed by atoms with E-state index < -0.39 is 0 Å². The van der Waals surface area contributed by atoms with Crippen LogP contribution < -0.4 is 5.56 Å². The maximum absolute atomic E-state index is 11.7. The van der Waals surface area contributed by atoms with Crippen LogP contribution in [0.2, 0.25) is 0 Å². The topological polar surface area (TPSA) is 83.7 Å². The third kappa shape index (κ3) is 2.43. The number of azide groups is 1. The van der Waals surface area contributed by atoms with Gasteiger partial charge in [-0.3, -0.25) is 4.79 Å². The van der Waals surface area contributed by atoms with E-state index in [-0.39, 0.29) is 5.56 Å². The summed E-state index contributed by atoms with van der Waals surface area (Å²) in [6.45, 7) is 0.917. The van der Waals surface area contributed by atoms with Crippen molar-refractivity contribution in [3.63, 3.8) is 0 Å². The maximum atomic E-state index is 11.7. The number of rotatable bonds is 4. The molecule has 86 valence electrons. The third-order valence-electron chi connectivity index (χ3n) is 2.46. The molecule has 0 saturated heterocycles. The van der Waals surface area contributed by atoms with Gasteiger partial charge in [0, 0.05) is 18.0 Å². The van der Waals surface area contributed by atoms with E-state index in [2.05, 4.69) is 15.0 Å². The number of nitrogens with zero attached hydrogens (tertiary/aromatic N) is 5. The van der Waals surface area contributed by atoms with E-state index >= 15 is 0 Å². The van der Waals surface area contributed by atoms with E-state index in [1.807, 2.05) is 24.3 Å². The zero-order valence-electron chi connectivity index (χ0n) is 9.15. The average Bonchev–Trinajstić information content (AvgIpc) is 2.37. The van der Waals surface area contributed by atoms with Crippen molar-refractivity contribution < 1.29 is 0 Å². The van der Waals surface area contributed by atoms with Crippen LogP contribution >= 0.6 is 0 Å². The van der Waals surface area contributed by atoms with Crippen molar-refractivity contribution in [2.45, 2.75) is 13.0 Å². The second kappa shape index (κ2) is 5.14. The molecule has 0 spiro atoms. The summed E-state index contributed by atoms with van der Waals surface area (Å²) in [5.74, 6) is 0. The van der Waals surface area contributed by atoms with Crippen molar-refractivity contribution in [3.05, 3.63) is 51.3 Å². The Bertz CT molecular complexity index is 627. The van der Waals surface area contributed by atoms with Gasteiger partial charge in [-0.05, 0) is 24.1 Å². The Morgan fingerprint density at radius 1 is 1.41 bits per heavy atom. The number of benzene rings is 1.